The van der Waals surface area contributed by atoms with E-state index in [1.807, 2.05) is 6.07 Å². The summed E-state index contributed by atoms with van der Waals surface area (Å²) in [5, 5.41) is 0.743. The van der Waals surface area contributed by atoms with Crippen molar-refractivity contribution in [2.45, 2.75) is 50.0 Å². The fourth-order valence-corrected chi connectivity index (χ4v) is 6.83. The van der Waals surface area contributed by atoms with E-state index in [1.165, 1.54) is 12.5 Å². The van der Waals surface area contributed by atoms with E-state index in [-0.39, 0.29) is 17.5 Å². The van der Waals surface area contributed by atoms with Crippen molar-refractivity contribution >= 4 is 28.5 Å². The van der Waals surface area contributed by atoms with Crippen LogP contribution in [0.5, 0.6) is 5.75 Å². The van der Waals surface area contributed by atoms with E-state index in [1.54, 1.807) is 19.2 Å². The Hall–Kier alpha value is -2.01. The normalized spacial score (nSPS) is 33.2. The minimum atomic E-state index is -0.471. The molecular weight excluding hydrogens is 380 g/mol. The molecule has 4 saturated carbocycles. The largest absolute Gasteiger partial charge is 0.497 e. The predicted octanol–water partition coefficient (Wildman–Crippen LogP) is 4.42. The number of hydrogen-bond donors (Lipinski definition) is 0. The number of halogens is 1. The number of ether oxygens (including phenoxy) is 2. The molecule has 4 bridgehead atoms. The van der Waals surface area contributed by atoms with Gasteiger partial charge in [0.1, 0.15) is 17.9 Å². The van der Waals surface area contributed by atoms with Crippen molar-refractivity contribution in [1.82, 2.24) is 0 Å². The Morgan fingerprint density at radius 3 is 2.64 bits per heavy atom. The zero-order valence-electron chi connectivity index (χ0n) is 15.8. The smallest absolute Gasteiger partial charge is 0.336 e. The van der Waals surface area contributed by atoms with Gasteiger partial charge in [-0.25, -0.2) is 4.79 Å². The molecule has 5 nitrogen and oxygen atoms in total. The number of carbonyl (C=O) groups is 1. The minimum absolute atomic E-state index is 0.0552. The fraction of sp³-hybridized carbons (Fsp3) is 0.545. The van der Waals surface area contributed by atoms with Crippen LogP contribution in [0.1, 0.15) is 44.1 Å². The Kier molecular flexibility index (Phi) is 4.02. The molecule has 6 rings (SSSR count). The van der Waals surface area contributed by atoms with E-state index >= 15 is 0 Å². The lowest BCUT2D eigenvalue weighted by Gasteiger charge is -2.58. The van der Waals surface area contributed by atoms with E-state index in [0.29, 0.717) is 35.2 Å². The first-order valence-electron chi connectivity index (χ1n) is 9.85. The van der Waals surface area contributed by atoms with Gasteiger partial charge in [-0.15, -0.1) is 11.6 Å². The molecule has 1 aromatic carbocycles. The van der Waals surface area contributed by atoms with E-state index in [9.17, 15) is 9.59 Å². The van der Waals surface area contributed by atoms with Gasteiger partial charge in [0.2, 0.25) is 0 Å². The highest BCUT2D eigenvalue weighted by atomic mass is 35.5. The first-order chi connectivity index (χ1) is 13.4. The van der Waals surface area contributed by atoms with Crippen LogP contribution in [0.15, 0.2) is 33.5 Å². The standard InChI is InChI=1S/C22H23ClO5/c1-26-16-2-3-17-15(5-19(24)28-18(17)6-16)11-27-20(25)21-7-13-4-14(8-21)10-22(23,9-13)12-21/h2-3,5-6,13-14H,4,7-12H2,1H3/t13-,14-,21?,22?/m1/s1. The second-order valence-corrected chi connectivity index (χ2v) is 9.72. The number of benzene rings is 1. The van der Waals surface area contributed by atoms with Gasteiger partial charge in [-0.05, 0) is 62.5 Å². The molecule has 4 aliphatic carbocycles. The molecule has 1 heterocycles. The Labute approximate surface area is 167 Å². The van der Waals surface area contributed by atoms with Crippen molar-refractivity contribution in [2.75, 3.05) is 7.11 Å². The van der Waals surface area contributed by atoms with Gasteiger partial charge in [-0.1, -0.05) is 0 Å². The summed E-state index contributed by atoms with van der Waals surface area (Å²) in [6.45, 7) is 0.0552. The van der Waals surface area contributed by atoms with Crippen LogP contribution in [-0.2, 0) is 16.1 Å². The topological polar surface area (TPSA) is 65.7 Å². The molecule has 0 saturated heterocycles. The van der Waals surface area contributed by atoms with Crippen LogP contribution in [0.25, 0.3) is 11.0 Å². The second-order valence-electron chi connectivity index (χ2n) is 8.92. The number of esters is 1. The molecule has 28 heavy (non-hydrogen) atoms. The zero-order chi connectivity index (χ0) is 19.5. The quantitative estimate of drug-likeness (QED) is 0.430. The molecule has 0 spiro atoms. The summed E-state index contributed by atoms with van der Waals surface area (Å²) in [4.78, 5) is 24.8. The van der Waals surface area contributed by atoms with Crippen LogP contribution in [0.4, 0.5) is 0 Å². The number of alkyl halides is 1. The maximum atomic E-state index is 13.1. The van der Waals surface area contributed by atoms with Gasteiger partial charge in [0, 0.05) is 28.0 Å². The molecule has 2 aromatic rings. The molecule has 0 N–H and O–H groups in total. The molecule has 6 heteroatoms. The third-order valence-corrected chi connectivity index (χ3v) is 7.26. The third kappa shape index (κ3) is 2.91. The summed E-state index contributed by atoms with van der Waals surface area (Å²) < 4.78 is 16.2. The van der Waals surface area contributed by atoms with Gasteiger partial charge in [0.05, 0.1) is 12.5 Å². The zero-order valence-corrected chi connectivity index (χ0v) is 16.6. The Balaban J connectivity index is 1.39. The fourth-order valence-electron chi connectivity index (χ4n) is 6.14. The lowest BCUT2D eigenvalue weighted by molar-refractivity contribution is -0.171. The maximum Gasteiger partial charge on any atom is 0.336 e. The molecule has 2 atom stereocenters. The highest BCUT2D eigenvalue weighted by Crippen LogP contribution is 2.64. The lowest BCUT2D eigenvalue weighted by atomic mass is 9.49. The molecule has 4 aliphatic rings. The summed E-state index contributed by atoms with van der Waals surface area (Å²) in [5.41, 5.74) is 0.144. The first kappa shape index (κ1) is 18.0. The average molecular weight is 403 g/mol. The number of fused-ring (bicyclic) bond motifs is 1. The molecule has 1 aromatic heterocycles. The van der Waals surface area contributed by atoms with Crippen molar-refractivity contribution in [3.8, 4) is 5.75 Å². The van der Waals surface area contributed by atoms with E-state index in [0.717, 1.165) is 31.1 Å². The van der Waals surface area contributed by atoms with Crippen LogP contribution in [-0.4, -0.2) is 18.0 Å². The highest BCUT2D eigenvalue weighted by molar-refractivity contribution is 6.24. The summed E-state index contributed by atoms with van der Waals surface area (Å²) in [7, 11) is 1.56. The monoisotopic (exact) mass is 402 g/mol. The van der Waals surface area contributed by atoms with Crippen LogP contribution in [0, 0.1) is 17.3 Å². The lowest BCUT2D eigenvalue weighted by Crippen LogP contribution is -2.56. The maximum absolute atomic E-state index is 13.1. The molecule has 0 aliphatic heterocycles. The Morgan fingerprint density at radius 2 is 1.96 bits per heavy atom. The van der Waals surface area contributed by atoms with Crippen LogP contribution < -0.4 is 10.4 Å². The molecule has 0 unspecified atom stereocenters. The number of hydrogen-bond acceptors (Lipinski definition) is 5. The molecule has 0 radical (unpaired) electrons. The van der Waals surface area contributed by atoms with Gasteiger partial charge in [-0.2, -0.15) is 0 Å². The van der Waals surface area contributed by atoms with Crippen LogP contribution in [0.2, 0.25) is 0 Å². The van der Waals surface area contributed by atoms with Crippen LogP contribution >= 0.6 is 11.6 Å². The van der Waals surface area contributed by atoms with Crippen LogP contribution in [0.3, 0.4) is 0 Å². The summed E-state index contributed by atoms with van der Waals surface area (Å²) in [6.07, 6.45) is 5.70. The molecule has 0 amide bonds. The highest BCUT2D eigenvalue weighted by Gasteiger charge is 2.60. The Bertz CT molecular complexity index is 996. The van der Waals surface area contributed by atoms with Gasteiger partial charge in [0.15, 0.2) is 0 Å². The number of methoxy groups -OCH3 is 1. The number of carbonyl (C=O) groups excluding carboxylic acids is 1. The van der Waals surface area contributed by atoms with Gasteiger partial charge < -0.3 is 13.9 Å². The van der Waals surface area contributed by atoms with Crippen molar-refractivity contribution in [1.29, 1.82) is 0 Å². The van der Waals surface area contributed by atoms with Gasteiger partial charge in [-0.3, -0.25) is 4.79 Å². The van der Waals surface area contributed by atoms with Gasteiger partial charge in [0.25, 0.3) is 0 Å². The molecule has 148 valence electrons. The minimum Gasteiger partial charge on any atom is -0.497 e. The van der Waals surface area contributed by atoms with Crippen molar-refractivity contribution in [3.63, 3.8) is 0 Å². The van der Waals surface area contributed by atoms with E-state index < -0.39 is 11.0 Å². The molecule has 4 fully saturated rings. The van der Waals surface area contributed by atoms with Crippen molar-refractivity contribution < 1.29 is 18.7 Å². The summed E-state index contributed by atoms with van der Waals surface area (Å²) in [6, 6.07) is 6.67. The van der Waals surface area contributed by atoms with E-state index in [4.69, 9.17) is 25.5 Å². The van der Waals surface area contributed by atoms with Gasteiger partial charge >= 0.3 is 11.6 Å². The summed E-state index contributed by atoms with van der Waals surface area (Å²) in [5.74, 6) is 1.50. The first-order valence-corrected chi connectivity index (χ1v) is 10.2. The molecular formula is C22H23ClO5. The second kappa shape index (κ2) is 6.24. The summed E-state index contributed by atoms with van der Waals surface area (Å²) >= 11 is 6.84. The van der Waals surface area contributed by atoms with Crippen molar-refractivity contribution in [2.24, 2.45) is 17.3 Å². The average Bonchev–Trinajstić information content (AvgIpc) is 2.63. The SMILES string of the molecule is COc1ccc2c(COC(=O)C34C[C@H]5C[C@@H](CC(Cl)(C5)C3)C4)cc(=O)oc2c1. The van der Waals surface area contributed by atoms with E-state index in [2.05, 4.69) is 0 Å². The predicted molar refractivity (Wildman–Crippen MR) is 105 cm³/mol. The third-order valence-electron chi connectivity index (χ3n) is 6.82. The Morgan fingerprint density at radius 1 is 1.21 bits per heavy atom. The van der Waals surface area contributed by atoms with Crippen molar-refractivity contribution in [3.05, 3.63) is 40.2 Å². The number of rotatable bonds is 4.